The van der Waals surface area contributed by atoms with Crippen molar-refractivity contribution in [2.24, 2.45) is 0 Å². The summed E-state index contributed by atoms with van der Waals surface area (Å²) in [5, 5.41) is 9.56. The fourth-order valence-corrected chi connectivity index (χ4v) is 4.62. The van der Waals surface area contributed by atoms with E-state index in [4.69, 9.17) is 0 Å². The fraction of sp³-hybridized carbons (Fsp3) is 0.308. The van der Waals surface area contributed by atoms with E-state index in [1.165, 1.54) is 12.1 Å². The fourth-order valence-electron chi connectivity index (χ4n) is 1.65. The van der Waals surface area contributed by atoms with Gasteiger partial charge in [-0.3, -0.25) is 0 Å². The van der Waals surface area contributed by atoms with E-state index in [1.54, 1.807) is 0 Å². The molecule has 2 aromatic rings. The number of halogens is 7. The van der Waals surface area contributed by atoms with Gasteiger partial charge in [-0.2, -0.15) is 26.3 Å². The summed E-state index contributed by atoms with van der Waals surface area (Å²) in [6, 6.07) is 4.49. The number of hydrogen-bond donors (Lipinski definition) is 1. The summed E-state index contributed by atoms with van der Waals surface area (Å²) in [6.07, 6.45) is -9.50. The number of aromatic nitrogens is 1. The minimum Gasteiger partial charge on any atom is -0.376 e. The third kappa shape index (κ3) is 4.06. The van der Waals surface area contributed by atoms with Gasteiger partial charge in [-0.15, -0.1) is 0 Å². The average molecular weight is 452 g/mol. The van der Waals surface area contributed by atoms with Crippen molar-refractivity contribution in [1.29, 1.82) is 0 Å². The van der Waals surface area contributed by atoms with Gasteiger partial charge in [0.05, 0.1) is 4.21 Å². The maximum absolute atomic E-state index is 12.9. The molecule has 0 amide bonds. The SMILES string of the molecule is CC(O)(c1ccc(Sc2sc(Br)nc2C(F)(F)F)cc1)C(F)(F)F. The molecule has 2 nitrogen and oxygen atoms in total. The van der Waals surface area contributed by atoms with Gasteiger partial charge in [0.1, 0.15) is 0 Å². The molecule has 0 spiro atoms. The number of alkyl halides is 6. The molecule has 0 aliphatic carbocycles. The summed E-state index contributed by atoms with van der Waals surface area (Å²) in [6.45, 7) is 0.608. The standard InChI is InChI=1S/C13H8BrF6NOS2/c1-11(22,13(18,19)20)6-2-4-7(5-3-6)23-9-8(12(15,16)17)21-10(14)24-9/h2-5,22H,1H3. The van der Waals surface area contributed by atoms with Crippen molar-refractivity contribution in [1.82, 2.24) is 4.98 Å². The van der Waals surface area contributed by atoms with Crippen LogP contribution in [0.3, 0.4) is 0 Å². The Labute approximate surface area is 149 Å². The first-order valence-electron chi connectivity index (χ1n) is 6.13. The quantitative estimate of drug-likeness (QED) is 0.594. The minimum atomic E-state index is -4.87. The molecule has 0 fully saturated rings. The van der Waals surface area contributed by atoms with Crippen LogP contribution in [0.2, 0.25) is 0 Å². The minimum absolute atomic E-state index is 0.0500. The molecule has 0 aliphatic heterocycles. The zero-order chi connectivity index (χ0) is 18.3. The lowest BCUT2D eigenvalue weighted by molar-refractivity contribution is -0.258. The molecular formula is C13H8BrF6NOS2. The van der Waals surface area contributed by atoms with Crippen LogP contribution in [0, 0.1) is 0 Å². The van der Waals surface area contributed by atoms with Crippen LogP contribution in [0.25, 0.3) is 0 Å². The van der Waals surface area contributed by atoms with Crippen LogP contribution in [0.1, 0.15) is 18.2 Å². The highest BCUT2D eigenvalue weighted by Crippen LogP contribution is 2.44. The van der Waals surface area contributed by atoms with Gasteiger partial charge in [0.2, 0.25) is 0 Å². The molecule has 0 radical (unpaired) electrons. The Balaban J connectivity index is 2.28. The smallest absolute Gasteiger partial charge is 0.376 e. The van der Waals surface area contributed by atoms with Crippen molar-refractivity contribution in [3.8, 4) is 0 Å². The normalized spacial score (nSPS) is 15.4. The molecule has 0 saturated carbocycles. The third-order valence-corrected chi connectivity index (χ3v) is 5.71. The Morgan fingerprint density at radius 2 is 1.62 bits per heavy atom. The van der Waals surface area contributed by atoms with E-state index < -0.39 is 29.2 Å². The lowest BCUT2D eigenvalue weighted by Gasteiger charge is -2.26. The highest BCUT2D eigenvalue weighted by molar-refractivity contribution is 9.11. The maximum Gasteiger partial charge on any atom is 0.435 e. The number of hydrogen-bond acceptors (Lipinski definition) is 4. The Morgan fingerprint density at radius 1 is 1.08 bits per heavy atom. The zero-order valence-electron chi connectivity index (χ0n) is 11.7. The Morgan fingerprint density at radius 3 is 2.08 bits per heavy atom. The van der Waals surface area contributed by atoms with E-state index in [0.717, 1.165) is 35.2 Å². The summed E-state index contributed by atoms with van der Waals surface area (Å²) in [5.74, 6) is 0. The number of rotatable bonds is 3. The van der Waals surface area contributed by atoms with E-state index >= 15 is 0 Å². The van der Waals surface area contributed by atoms with Crippen LogP contribution in [-0.2, 0) is 11.8 Å². The largest absolute Gasteiger partial charge is 0.435 e. The molecule has 1 N–H and O–H groups in total. The molecule has 24 heavy (non-hydrogen) atoms. The summed E-state index contributed by atoms with van der Waals surface area (Å²) in [7, 11) is 0. The molecule has 0 saturated heterocycles. The van der Waals surface area contributed by atoms with Gasteiger partial charge in [-0.25, -0.2) is 4.98 Å². The molecule has 1 aromatic carbocycles. The van der Waals surface area contributed by atoms with Crippen LogP contribution in [0.5, 0.6) is 0 Å². The van der Waals surface area contributed by atoms with Crippen molar-refractivity contribution < 1.29 is 31.4 Å². The third-order valence-electron chi connectivity index (χ3n) is 3.02. The predicted molar refractivity (Wildman–Crippen MR) is 81.0 cm³/mol. The number of thiazole rings is 1. The topological polar surface area (TPSA) is 33.1 Å². The molecule has 0 bridgehead atoms. The van der Waals surface area contributed by atoms with Crippen LogP contribution in [0.4, 0.5) is 26.3 Å². The van der Waals surface area contributed by atoms with Crippen LogP contribution < -0.4 is 0 Å². The average Bonchev–Trinajstić information content (AvgIpc) is 2.79. The van der Waals surface area contributed by atoms with E-state index in [2.05, 4.69) is 20.9 Å². The van der Waals surface area contributed by atoms with E-state index in [0.29, 0.717) is 11.8 Å². The maximum atomic E-state index is 12.9. The highest BCUT2D eigenvalue weighted by Gasteiger charge is 2.51. The van der Waals surface area contributed by atoms with Gasteiger partial charge in [-0.1, -0.05) is 35.2 Å². The molecule has 0 aliphatic rings. The van der Waals surface area contributed by atoms with Crippen LogP contribution in [0.15, 0.2) is 37.3 Å². The molecule has 2 rings (SSSR count). The summed E-state index contributed by atoms with van der Waals surface area (Å²) < 4.78 is 76.8. The predicted octanol–water partition coefficient (Wildman–Crippen LogP) is 5.85. The molecule has 11 heteroatoms. The molecule has 1 heterocycles. The Hall–Kier alpha value is -0.780. The highest BCUT2D eigenvalue weighted by atomic mass is 79.9. The molecule has 1 aromatic heterocycles. The van der Waals surface area contributed by atoms with Crippen molar-refractivity contribution in [2.45, 2.75) is 34.0 Å². The van der Waals surface area contributed by atoms with E-state index in [1.807, 2.05) is 0 Å². The number of benzene rings is 1. The summed E-state index contributed by atoms with van der Waals surface area (Å²) in [4.78, 5) is 3.66. The number of nitrogens with zero attached hydrogens (tertiary/aromatic N) is 1. The van der Waals surface area contributed by atoms with Gasteiger partial charge in [0.15, 0.2) is 15.2 Å². The monoisotopic (exact) mass is 451 g/mol. The van der Waals surface area contributed by atoms with Crippen molar-refractivity contribution >= 4 is 39.0 Å². The Kier molecular flexibility index (Phi) is 5.30. The molecule has 1 atom stereocenters. The lowest BCUT2D eigenvalue weighted by atomic mass is 9.96. The number of aliphatic hydroxyl groups is 1. The summed E-state index contributed by atoms with van der Waals surface area (Å²) >= 11 is 4.39. The second-order valence-electron chi connectivity index (χ2n) is 4.80. The first kappa shape index (κ1) is 19.5. The van der Waals surface area contributed by atoms with Gasteiger partial charge in [0, 0.05) is 4.90 Å². The zero-order valence-corrected chi connectivity index (χ0v) is 14.9. The van der Waals surface area contributed by atoms with E-state index in [-0.39, 0.29) is 8.13 Å². The van der Waals surface area contributed by atoms with Gasteiger partial charge in [0.25, 0.3) is 0 Å². The summed E-state index contributed by atoms with van der Waals surface area (Å²) in [5.41, 5.74) is -4.50. The Bertz CT molecular complexity index is 724. The van der Waals surface area contributed by atoms with E-state index in [9.17, 15) is 31.4 Å². The first-order chi connectivity index (χ1) is 10.8. The van der Waals surface area contributed by atoms with Gasteiger partial charge in [-0.05, 0) is 40.5 Å². The van der Waals surface area contributed by atoms with Crippen LogP contribution >= 0.6 is 39.0 Å². The van der Waals surface area contributed by atoms with Gasteiger partial charge < -0.3 is 5.11 Å². The van der Waals surface area contributed by atoms with Gasteiger partial charge >= 0.3 is 12.4 Å². The lowest BCUT2D eigenvalue weighted by Crippen LogP contribution is -2.39. The van der Waals surface area contributed by atoms with Crippen molar-refractivity contribution in [3.05, 3.63) is 39.4 Å². The molecule has 1 unspecified atom stereocenters. The van der Waals surface area contributed by atoms with Crippen molar-refractivity contribution in [3.63, 3.8) is 0 Å². The van der Waals surface area contributed by atoms with Crippen LogP contribution in [-0.4, -0.2) is 16.3 Å². The first-order valence-corrected chi connectivity index (χ1v) is 8.56. The van der Waals surface area contributed by atoms with Crippen molar-refractivity contribution in [2.75, 3.05) is 0 Å². The second-order valence-corrected chi connectivity index (χ2v) is 8.41. The second kappa shape index (κ2) is 6.50. The molecular weight excluding hydrogens is 444 g/mol. The molecule has 132 valence electrons.